The predicted molar refractivity (Wildman–Crippen MR) is 95.6 cm³/mol. The molecular formula is C20H23N3O. The smallest absolute Gasteiger partial charge is 0.230 e. The van der Waals surface area contributed by atoms with Gasteiger partial charge in [-0.15, -0.1) is 0 Å². The van der Waals surface area contributed by atoms with Crippen molar-refractivity contribution in [3.05, 3.63) is 41.6 Å². The SMILES string of the molecule is CC1CN(C(=O)C2C=C3c4cccc5[nH]cc(c45)CC3N(C)C2)C1. The van der Waals surface area contributed by atoms with E-state index in [1.165, 1.54) is 27.6 Å². The molecule has 0 bridgehead atoms. The first-order valence-electron chi connectivity index (χ1n) is 8.92. The summed E-state index contributed by atoms with van der Waals surface area (Å²) in [5.41, 5.74) is 5.25. The molecule has 0 saturated carbocycles. The third-order valence-corrected chi connectivity index (χ3v) is 5.96. The van der Waals surface area contributed by atoms with E-state index in [-0.39, 0.29) is 5.92 Å². The van der Waals surface area contributed by atoms with E-state index in [2.05, 4.69) is 54.3 Å². The van der Waals surface area contributed by atoms with Crippen LogP contribution in [0.15, 0.2) is 30.5 Å². The molecule has 2 atom stereocenters. The van der Waals surface area contributed by atoms with Gasteiger partial charge < -0.3 is 9.88 Å². The summed E-state index contributed by atoms with van der Waals surface area (Å²) in [6, 6.07) is 6.85. The van der Waals surface area contributed by atoms with E-state index in [0.29, 0.717) is 17.9 Å². The maximum Gasteiger partial charge on any atom is 0.230 e. The van der Waals surface area contributed by atoms with Crippen LogP contribution in [-0.4, -0.2) is 53.4 Å². The van der Waals surface area contributed by atoms with Crippen LogP contribution in [-0.2, 0) is 11.2 Å². The monoisotopic (exact) mass is 321 g/mol. The van der Waals surface area contributed by atoms with Crippen molar-refractivity contribution in [2.75, 3.05) is 26.7 Å². The van der Waals surface area contributed by atoms with Gasteiger partial charge in [0, 0.05) is 42.8 Å². The number of rotatable bonds is 1. The second-order valence-electron chi connectivity index (χ2n) is 7.78. The molecule has 24 heavy (non-hydrogen) atoms. The molecule has 1 saturated heterocycles. The van der Waals surface area contributed by atoms with Crippen LogP contribution in [0.4, 0.5) is 0 Å². The number of likely N-dealkylation sites (N-methyl/N-ethyl adjacent to an activating group) is 1. The van der Waals surface area contributed by atoms with Crippen molar-refractivity contribution < 1.29 is 4.79 Å². The zero-order chi connectivity index (χ0) is 16.4. The Balaban J connectivity index is 1.57. The van der Waals surface area contributed by atoms with Gasteiger partial charge in [-0.05, 0) is 42.2 Å². The molecule has 2 unspecified atom stereocenters. The molecule has 2 aliphatic heterocycles. The molecule has 3 aliphatic rings. The molecule has 2 aromatic rings. The summed E-state index contributed by atoms with van der Waals surface area (Å²) < 4.78 is 0. The zero-order valence-electron chi connectivity index (χ0n) is 14.2. The third kappa shape index (κ3) is 1.92. The van der Waals surface area contributed by atoms with E-state index in [4.69, 9.17) is 0 Å². The van der Waals surface area contributed by atoms with Crippen molar-refractivity contribution in [1.29, 1.82) is 0 Å². The van der Waals surface area contributed by atoms with E-state index in [9.17, 15) is 4.79 Å². The van der Waals surface area contributed by atoms with Crippen LogP contribution >= 0.6 is 0 Å². The third-order valence-electron chi connectivity index (χ3n) is 5.96. The lowest BCUT2D eigenvalue weighted by molar-refractivity contribution is -0.140. The normalized spacial score (nSPS) is 26.9. The number of aromatic nitrogens is 1. The van der Waals surface area contributed by atoms with E-state index in [1.54, 1.807) is 0 Å². The van der Waals surface area contributed by atoms with Crippen LogP contribution in [0.5, 0.6) is 0 Å². The molecule has 4 nitrogen and oxygen atoms in total. The minimum Gasteiger partial charge on any atom is -0.361 e. The molecule has 1 aromatic heterocycles. The Morgan fingerprint density at radius 2 is 2.08 bits per heavy atom. The number of likely N-dealkylation sites (tertiary alicyclic amines) is 1. The van der Waals surface area contributed by atoms with Crippen LogP contribution in [0.2, 0.25) is 0 Å². The van der Waals surface area contributed by atoms with Crippen LogP contribution in [0.1, 0.15) is 18.1 Å². The first kappa shape index (κ1) is 14.3. The van der Waals surface area contributed by atoms with Gasteiger partial charge in [-0.25, -0.2) is 0 Å². The molecule has 1 amide bonds. The fraction of sp³-hybridized carbons (Fsp3) is 0.450. The van der Waals surface area contributed by atoms with Gasteiger partial charge in [0.15, 0.2) is 0 Å². The second-order valence-corrected chi connectivity index (χ2v) is 7.78. The molecule has 3 heterocycles. The van der Waals surface area contributed by atoms with Gasteiger partial charge in [-0.1, -0.05) is 25.1 Å². The molecule has 124 valence electrons. The first-order valence-corrected chi connectivity index (χ1v) is 8.92. The van der Waals surface area contributed by atoms with Crippen LogP contribution in [0.25, 0.3) is 16.5 Å². The Kier molecular flexibility index (Phi) is 2.95. The van der Waals surface area contributed by atoms with Gasteiger partial charge in [0.05, 0.1) is 5.92 Å². The average Bonchev–Trinajstić information content (AvgIpc) is 2.97. The lowest BCUT2D eigenvalue weighted by atomic mass is 9.79. The number of aromatic amines is 1. The Morgan fingerprint density at radius 3 is 2.88 bits per heavy atom. The molecule has 1 fully saturated rings. The zero-order valence-corrected chi connectivity index (χ0v) is 14.2. The predicted octanol–water partition coefficient (Wildman–Crippen LogP) is 2.52. The summed E-state index contributed by atoms with van der Waals surface area (Å²) in [5.74, 6) is 0.948. The summed E-state index contributed by atoms with van der Waals surface area (Å²) in [4.78, 5) is 20.6. The highest BCUT2D eigenvalue weighted by Gasteiger charge is 2.38. The standard InChI is InChI=1S/C20H23N3O/c1-12-9-23(10-12)20(24)14-6-16-15-4-3-5-17-19(15)13(8-21-17)7-18(16)22(2)11-14/h3-6,8,12,14,18,21H,7,9-11H2,1-2H3. The molecule has 5 rings (SSSR count). The van der Waals surface area contributed by atoms with Gasteiger partial charge in [0.25, 0.3) is 0 Å². The second kappa shape index (κ2) is 4.96. The summed E-state index contributed by atoms with van der Waals surface area (Å²) in [6.07, 6.45) is 5.44. The molecule has 1 aromatic carbocycles. The highest BCUT2D eigenvalue weighted by molar-refractivity contribution is 5.99. The summed E-state index contributed by atoms with van der Waals surface area (Å²) in [6.45, 7) is 4.88. The minimum absolute atomic E-state index is 0.00972. The highest BCUT2D eigenvalue weighted by atomic mass is 16.2. The number of hydrogen-bond donors (Lipinski definition) is 1. The summed E-state index contributed by atoms with van der Waals surface area (Å²) >= 11 is 0. The molecule has 4 heteroatoms. The Labute approximate surface area is 142 Å². The number of amides is 1. The van der Waals surface area contributed by atoms with Crippen molar-refractivity contribution in [3.63, 3.8) is 0 Å². The number of nitrogens with one attached hydrogen (secondary N) is 1. The number of fused-ring (bicyclic) bond motifs is 2. The van der Waals surface area contributed by atoms with Crippen LogP contribution in [0, 0.1) is 11.8 Å². The topological polar surface area (TPSA) is 39.3 Å². The summed E-state index contributed by atoms with van der Waals surface area (Å²) in [5, 5.41) is 1.35. The van der Waals surface area contributed by atoms with Crippen LogP contribution in [0.3, 0.4) is 0 Å². The van der Waals surface area contributed by atoms with Crippen LogP contribution < -0.4 is 0 Å². The molecule has 0 radical (unpaired) electrons. The summed E-state index contributed by atoms with van der Waals surface area (Å²) in [7, 11) is 2.16. The van der Waals surface area contributed by atoms with Gasteiger partial charge in [0.2, 0.25) is 5.91 Å². The number of benzene rings is 1. The fourth-order valence-corrected chi connectivity index (χ4v) is 4.72. The Morgan fingerprint density at radius 1 is 1.25 bits per heavy atom. The van der Waals surface area contributed by atoms with Crippen molar-refractivity contribution in [3.8, 4) is 0 Å². The maximum atomic E-state index is 12.8. The molecule has 1 aliphatic carbocycles. The lowest BCUT2D eigenvalue weighted by Crippen LogP contribution is -2.54. The lowest BCUT2D eigenvalue weighted by Gasteiger charge is -2.43. The van der Waals surface area contributed by atoms with Gasteiger partial charge in [-0.3, -0.25) is 9.69 Å². The van der Waals surface area contributed by atoms with Gasteiger partial charge >= 0.3 is 0 Å². The highest BCUT2D eigenvalue weighted by Crippen LogP contribution is 2.41. The largest absolute Gasteiger partial charge is 0.361 e. The molecule has 1 N–H and O–H groups in total. The van der Waals surface area contributed by atoms with Crippen molar-refractivity contribution in [2.45, 2.75) is 19.4 Å². The van der Waals surface area contributed by atoms with Gasteiger partial charge in [0.1, 0.15) is 0 Å². The average molecular weight is 321 g/mol. The quantitative estimate of drug-likeness (QED) is 0.877. The van der Waals surface area contributed by atoms with E-state index in [0.717, 1.165) is 26.1 Å². The number of carbonyl (C=O) groups is 1. The van der Waals surface area contributed by atoms with E-state index < -0.39 is 0 Å². The van der Waals surface area contributed by atoms with E-state index >= 15 is 0 Å². The number of carbonyl (C=O) groups excluding carboxylic acids is 1. The number of H-pyrrole nitrogens is 1. The van der Waals surface area contributed by atoms with Crippen molar-refractivity contribution >= 4 is 22.4 Å². The van der Waals surface area contributed by atoms with E-state index in [1.807, 2.05) is 4.90 Å². The fourth-order valence-electron chi connectivity index (χ4n) is 4.72. The Hall–Kier alpha value is -2.07. The molecule has 0 spiro atoms. The Bertz CT molecular complexity index is 859. The minimum atomic E-state index is -0.00972. The maximum absolute atomic E-state index is 12.8. The van der Waals surface area contributed by atoms with Crippen molar-refractivity contribution in [2.24, 2.45) is 11.8 Å². The number of nitrogens with zero attached hydrogens (tertiary/aromatic N) is 2. The first-order chi connectivity index (χ1) is 11.6. The molecular weight excluding hydrogens is 298 g/mol. The number of hydrogen-bond acceptors (Lipinski definition) is 2. The van der Waals surface area contributed by atoms with Gasteiger partial charge in [-0.2, -0.15) is 0 Å². The van der Waals surface area contributed by atoms with Crippen molar-refractivity contribution in [1.82, 2.24) is 14.8 Å².